The summed E-state index contributed by atoms with van der Waals surface area (Å²) in [6.45, 7) is 2.05. The quantitative estimate of drug-likeness (QED) is 0.837. The van der Waals surface area contributed by atoms with Gasteiger partial charge in [0.1, 0.15) is 0 Å². The number of amides is 2. The van der Waals surface area contributed by atoms with Gasteiger partial charge in [0.05, 0.1) is 17.9 Å². The van der Waals surface area contributed by atoms with Crippen LogP contribution in [0.4, 0.5) is 0 Å². The Morgan fingerprint density at radius 2 is 2.18 bits per heavy atom. The number of nitrogens with zero attached hydrogens (tertiary/aromatic N) is 3. The summed E-state index contributed by atoms with van der Waals surface area (Å²) < 4.78 is 7.56. The van der Waals surface area contributed by atoms with Crippen LogP contribution in [0.3, 0.4) is 0 Å². The molecule has 92 valence electrons. The molecule has 1 aliphatic rings. The molecular weight excluding hydrogens is 240 g/mol. The van der Waals surface area contributed by atoms with E-state index >= 15 is 0 Å². The Morgan fingerprint density at radius 3 is 2.82 bits per heavy atom. The molecule has 7 heteroatoms. The largest absolute Gasteiger partial charge is 0.350 e. The van der Waals surface area contributed by atoms with Crippen molar-refractivity contribution in [3.63, 3.8) is 0 Å². The minimum atomic E-state index is -0.270. The highest BCUT2D eigenvalue weighted by Gasteiger charge is 2.17. The van der Waals surface area contributed by atoms with Gasteiger partial charge in [-0.2, -0.15) is 8.75 Å². The van der Waals surface area contributed by atoms with Crippen LogP contribution in [-0.2, 0) is 4.79 Å². The van der Waals surface area contributed by atoms with E-state index < -0.39 is 0 Å². The van der Waals surface area contributed by atoms with E-state index in [1.54, 1.807) is 0 Å². The van der Waals surface area contributed by atoms with Gasteiger partial charge >= 0.3 is 0 Å². The van der Waals surface area contributed by atoms with E-state index in [2.05, 4.69) is 14.1 Å². The highest BCUT2D eigenvalue weighted by molar-refractivity contribution is 6.99. The second-order valence-corrected chi connectivity index (χ2v) is 4.44. The summed E-state index contributed by atoms with van der Waals surface area (Å²) in [5.41, 5.74) is 0.309. The topological polar surface area (TPSA) is 75.2 Å². The number of hydrogen-bond acceptors (Lipinski definition) is 5. The third-order valence-electron chi connectivity index (χ3n) is 2.68. The van der Waals surface area contributed by atoms with E-state index in [9.17, 15) is 9.59 Å². The SMILES string of the molecule is O=C(NCCC(=O)N1CCCC1)c1cnsn1. The van der Waals surface area contributed by atoms with Crippen LogP contribution >= 0.6 is 11.7 Å². The van der Waals surface area contributed by atoms with E-state index in [1.807, 2.05) is 4.90 Å². The maximum atomic E-state index is 11.7. The molecule has 0 radical (unpaired) electrons. The number of rotatable bonds is 4. The third kappa shape index (κ3) is 3.23. The molecule has 17 heavy (non-hydrogen) atoms. The predicted octanol–water partition coefficient (Wildman–Crippen LogP) is 0.280. The first-order valence-corrected chi connectivity index (χ1v) is 6.34. The van der Waals surface area contributed by atoms with Crippen molar-refractivity contribution in [2.75, 3.05) is 19.6 Å². The lowest BCUT2D eigenvalue weighted by Gasteiger charge is -2.14. The highest BCUT2D eigenvalue weighted by Crippen LogP contribution is 2.08. The first-order chi connectivity index (χ1) is 8.27. The van der Waals surface area contributed by atoms with Crippen molar-refractivity contribution in [1.29, 1.82) is 0 Å². The lowest BCUT2D eigenvalue weighted by Crippen LogP contribution is -2.32. The van der Waals surface area contributed by atoms with E-state index in [0.717, 1.165) is 37.7 Å². The Balaban J connectivity index is 1.69. The van der Waals surface area contributed by atoms with Crippen LogP contribution in [0.5, 0.6) is 0 Å². The van der Waals surface area contributed by atoms with Crippen molar-refractivity contribution in [2.24, 2.45) is 0 Å². The molecule has 0 aliphatic carbocycles. The van der Waals surface area contributed by atoms with Crippen LogP contribution in [0.1, 0.15) is 29.8 Å². The molecule has 2 heterocycles. The number of hydrogen-bond donors (Lipinski definition) is 1. The number of likely N-dealkylation sites (tertiary alicyclic amines) is 1. The van der Waals surface area contributed by atoms with Gasteiger partial charge < -0.3 is 10.2 Å². The molecule has 2 rings (SSSR count). The van der Waals surface area contributed by atoms with Gasteiger partial charge in [0, 0.05) is 26.1 Å². The molecule has 1 aliphatic heterocycles. The fourth-order valence-electron chi connectivity index (χ4n) is 1.76. The average molecular weight is 254 g/mol. The number of aromatic nitrogens is 2. The molecule has 0 aromatic carbocycles. The standard InChI is InChI=1S/C10H14N4O2S/c15-9(14-5-1-2-6-14)3-4-11-10(16)8-7-12-17-13-8/h7H,1-6H2,(H,11,16). The molecule has 1 N–H and O–H groups in total. The fourth-order valence-corrected chi connectivity index (χ4v) is 2.18. The normalized spacial score (nSPS) is 14.9. The molecular formula is C10H14N4O2S. The summed E-state index contributed by atoms with van der Waals surface area (Å²) in [7, 11) is 0. The van der Waals surface area contributed by atoms with E-state index in [4.69, 9.17) is 0 Å². The molecule has 0 spiro atoms. The second kappa shape index (κ2) is 5.72. The summed E-state index contributed by atoms with van der Waals surface area (Å²) in [6, 6.07) is 0. The molecule has 0 saturated carbocycles. The fraction of sp³-hybridized carbons (Fsp3) is 0.600. The van der Waals surface area contributed by atoms with Crippen LogP contribution in [0, 0.1) is 0 Å². The summed E-state index contributed by atoms with van der Waals surface area (Å²) >= 11 is 0.992. The summed E-state index contributed by atoms with van der Waals surface area (Å²) in [5, 5.41) is 2.66. The van der Waals surface area contributed by atoms with Crippen LogP contribution < -0.4 is 5.32 Å². The highest BCUT2D eigenvalue weighted by atomic mass is 32.1. The van der Waals surface area contributed by atoms with Gasteiger partial charge in [-0.1, -0.05) is 0 Å². The zero-order chi connectivity index (χ0) is 12.1. The summed E-state index contributed by atoms with van der Waals surface area (Å²) in [5.74, 6) is -0.160. The molecule has 1 saturated heterocycles. The van der Waals surface area contributed by atoms with E-state index in [-0.39, 0.29) is 11.8 Å². The van der Waals surface area contributed by atoms with Crippen molar-refractivity contribution in [2.45, 2.75) is 19.3 Å². The maximum absolute atomic E-state index is 11.7. The van der Waals surface area contributed by atoms with Gasteiger partial charge in [0.2, 0.25) is 5.91 Å². The molecule has 1 aromatic heterocycles. The maximum Gasteiger partial charge on any atom is 0.272 e. The number of carbonyl (C=O) groups is 2. The Kier molecular flexibility index (Phi) is 4.03. The van der Waals surface area contributed by atoms with Gasteiger partial charge in [-0.3, -0.25) is 9.59 Å². The number of carbonyl (C=O) groups excluding carboxylic acids is 2. The van der Waals surface area contributed by atoms with Gasteiger partial charge in [-0.25, -0.2) is 0 Å². The lowest BCUT2D eigenvalue weighted by atomic mass is 10.3. The molecule has 0 atom stereocenters. The number of nitrogens with one attached hydrogen (secondary N) is 1. The molecule has 6 nitrogen and oxygen atoms in total. The van der Waals surface area contributed by atoms with E-state index in [0.29, 0.717) is 18.7 Å². The average Bonchev–Trinajstić information content (AvgIpc) is 3.02. The van der Waals surface area contributed by atoms with E-state index in [1.165, 1.54) is 6.20 Å². The first-order valence-electron chi connectivity index (χ1n) is 5.61. The second-order valence-electron chi connectivity index (χ2n) is 3.89. The van der Waals surface area contributed by atoms with Crippen LogP contribution in [-0.4, -0.2) is 45.1 Å². The van der Waals surface area contributed by atoms with Crippen LogP contribution in [0.15, 0.2) is 6.20 Å². The summed E-state index contributed by atoms with van der Waals surface area (Å²) in [6.07, 6.45) is 3.94. The Bertz CT molecular complexity index is 387. The zero-order valence-corrected chi connectivity index (χ0v) is 10.2. The minimum absolute atomic E-state index is 0.110. The van der Waals surface area contributed by atoms with Gasteiger partial charge in [0.25, 0.3) is 5.91 Å². The van der Waals surface area contributed by atoms with Crippen molar-refractivity contribution >= 4 is 23.5 Å². The van der Waals surface area contributed by atoms with Crippen molar-refractivity contribution in [1.82, 2.24) is 19.0 Å². The van der Waals surface area contributed by atoms with Gasteiger partial charge in [-0.05, 0) is 12.8 Å². The Labute approximate surface area is 103 Å². The zero-order valence-electron chi connectivity index (χ0n) is 9.39. The Morgan fingerprint density at radius 1 is 1.41 bits per heavy atom. The van der Waals surface area contributed by atoms with Crippen molar-refractivity contribution in [3.8, 4) is 0 Å². The molecule has 1 fully saturated rings. The van der Waals surface area contributed by atoms with Crippen LogP contribution in [0.25, 0.3) is 0 Å². The molecule has 0 unspecified atom stereocenters. The third-order valence-corrected chi connectivity index (χ3v) is 3.16. The lowest BCUT2D eigenvalue weighted by molar-refractivity contribution is -0.129. The van der Waals surface area contributed by atoms with Crippen LogP contribution in [0.2, 0.25) is 0 Å². The first kappa shape index (κ1) is 12.0. The van der Waals surface area contributed by atoms with Gasteiger partial charge in [-0.15, -0.1) is 0 Å². The molecule has 0 bridgehead atoms. The summed E-state index contributed by atoms with van der Waals surface area (Å²) in [4.78, 5) is 25.0. The predicted molar refractivity (Wildman–Crippen MR) is 62.7 cm³/mol. The van der Waals surface area contributed by atoms with Crippen molar-refractivity contribution < 1.29 is 9.59 Å². The minimum Gasteiger partial charge on any atom is -0.350 e. The molecule has 1 aromatic rings. The smallest absolute Gasteiger partial charge is 0.272 e. The molecule has 2 amide bonds. The monoisotopic (exact) mass is 254 g/mol. The Hall–Kier alpha value is -1.50. The van der Waals surface area contributed by atoms with Crippen molar-refractivity contribution in [3.05, 3.63) is 11.9 Å². The van der Waals surface area contributed by atoms with Gasteiger partial charge in [0.15, 0.2) is 5.69 Å².